The highest BCUT2D eigenvalue weighted by molar-refractivity contribution is 5.74. The van der Waals surface area contributed by atoms with Crippen molar-refractivity contribution in [1.29, 1.82) is 0 Å². The number of benzene rings is 3. The molecule has 1 fully saturated rings. The van der Waals surface area contributed by atoms with Crippen LogP contribution in [0.25, 0.3) is 27.8 Å². The number of unbranched alkanes of at least 4 members (excludes halogenated alkanes) is 4. The Bertz CT molecular complexity index is 1510. The Hall–Kier alpha value is -3.34. The number of hydrogen-bond donors (Lipinski definition) is 0. The summed E-state index contributed by atoms with van der Waals surface area (Å²) in [4.78, 5) is 0. The molecule has 1 nitrogen and oxygen atoms in total. The summed E-state index contributed by atoms with van der Waals surface area (Å²) in [6.45, 7) is 4.56. The first-order valence-electron chi connectivity index (χ1n) is 17.9. The van der Waals surface area contributed by atoms with Crippen LogP contribution in [0.3, 0.4) is 0 Å². The first kappa shape index (κ1) is 35.0. The molecule has 47 heavy (non-hydrogen) atoms. The standard InChI is InChI=1S/C42H50F4O/c1-3-5-7-8-10-28-47-38-27-26-37(41(45)42(38)46)34-22-20-33(21-23-34)36-25-24-35(39(43)40(36)44)32-18-16-31(17-19-32)30-14-12-29(13-15-30)11-9-6-4-2/h4,6,18,20-27,29-31H,3,5,7-17,19,28H2,1-2H3/b6-4+. The van der Waals surface area contributed by atoms with Gasteiger partial charge in [-0.25, -0.2) is 13.2 Å². The molecule has 5 rings (SSSR count). The second-order valence-electron chi connectivity index (χ2n) is 13.6. The van der Waals surface area contributed by atoms with Crippen LogP contribution in [0.5, 0.6) is 5.75 Å². The molecule has 2 aliphatic carbocycles. The van der Waals surface area contributed by atoms with Gasteiger partial charge < -0.3 is 4.74 Å². The maximum absolute atomic E-state index is 15.5. The molecular weight excluding hydrogens is 596 g/mol. The molecule has 0 amide bonds. The highest BCUT2D eigenvalue weighted by atomic mass is 19.2. The Kier molecular flexibility index (Phi) is 12.8. The molecule has 1 unspecified atom stereocenters. The van der Waals surface area contributed by atoms with E-state index in [0.717, 1.165) is 68.8 Å². The summed E-state index contributed by atoms with van der Waals surface area (Å²) in [6, 6.07) is 12.7. The Morgan fingerprint density at radius 1 is 0.681 bits per heavy atom. The molecule has 5 heteroatoms. The normalized spacial score (nSPS) is 20.0. The Balaban J connectivity index is 1.20. The Morgan fingerprint density at radius 2 is 1.30 bits per heavy atom. The summed E-state index contributed by atoms with van der Waals surface area (Å²) < 4.78 is 66.2. The topological polar surface area (TPSA) is 9.23 Å². The second kappa shape index (κ2) is 17.2. The van der Waals surface area contributed by atoms with Crippen LogP contribution in [0, 0.1) is 41.0 Å². The number of allylic oxidation sites excluding steroid dienone is 4. The van der Waals surface area contributed by atoms with Crippen molar-refractivity contribution in [1.82, 2.24) is 0 Å². The van der Waals surface area contributed by atoms with Crippen LogP contribution in [0.2, 0.25) is 0 Å². The van der Waals surface area contributed by atoms with E-state index < -0.39 is 23.3 Å². The predicted molar refractivity (Wildman–Crippen MR) is 186 cm³/mol. The molecule has 0 bridgehead atoms. The lowest BCUT2D eigenvalue weighted by Crippen LogP contribution is -2.23. The van der Waals surface area contributed by atoms with Gasteiger partial charge in [0.15, 0.2) is 23.2 Å². The fourth-order valence-electron chi connectivity index (χ4n) is 7.58. The third-order valence-electron chi connectivity index (χ3n) is 10.5. The summed E-state index contributed by atoms with van der Waals surface area (Å²) in [7, 11) is 0. The molecule has 0 saturated heterocycles. The van der Waals surface area contributed by atoms with Crippen LogP contribution in [-0.4, -0.2) is 6.61 Å². The molecule has 1 saturated carbocycles. The van der Waals surface area contributed by atoms with Gasteiger partial charge in [-0.05, 0) is 105 Å². The van der Waals surface area contributed by atoms with Crippen molar-refractivity contribution in [2.24, 2.45) is 17.8 Å². The van der Waals surface area contributed by atoms with Gasteiger partial charge in [0.2, 0.25) is 5.82 Å². The van der Waals surface area contributed by atoms with E-state index in [2.05, 4.69) is 32.1 Å². The van der Waals surface area contributed by atoms with E-state index >= 15 is 13.2 Å². The molecule has 3 aromatic rings. The number of halogens is 4. The van der Waals surface area contributed by atoms with Crippen LogP contribution in [0.15, 0.2) is 66.8 Å². The summed E-state index contributed by atoms with van der Waals surface area (Å²) in [5.41, 5.74) is 2.38. The zero-order valence-electron chi connectivity index (χ0n) is 28.1. The smallest absolute Gasteiger partial charge is 0.201 e. The lowest BCUT2D eigenvalue weighted by molar-refractivity contribution is 0.190. The van der Waals surface area contributed by atoms with Gasteiger partial charge in [0.05, 0.1) is 6.61 Å². The molecular formula is C42H50F4O. The lowest BCUT2D eigenvalue weighted by Gasteiger charge is -2.35. The fraction of sp³-hybridized carbons (Fsp3) is 0.476. The first-order valence-corrected chi connectivity index (χ1v) is 17.9. The van der Waals surface area contributed by atoms with E-state index in [1.807, 2.05) is 0 Å². The molecule has 3 aromatic carbocycles. The van der Waals surface area contributed by atoms with Crippen molar-refractivity contribution >= 4 is 5.57 Å². The van der Waals surface area contributed by atoms with Crippen LogP contribution >= 0.6 is 0 Å². The SMILES string of the molecule is C/C=C/CCC1CCC(C2CC=C(c3ccc(-c4ccc(-c5ccc(OCCCCCCC)c(F)c5F)cc4)c(F)c3F)CC2)CC1. The molecule has 2 aliphatic rings. The molecule has 1 atom stereocenters. The molecule has 252 valence electrons. The maximum Gasteiger partial charge on any atom is 0.201 e. The van der Waals surface area contributed by atoms with Gasteiger partial charge in [-0.1, -0.05) is 100 Å². The van der Waals surface area contributed by atoms with Gasteiger partial charge in [-0.15, -0.1) is 0 Å². The highest BCUT2D eigenvalue weighted by Crippen LogP contribution is 2.43. The van der Waals surface area contributed by atoms with Gasteiger partial charge >= 0.3 is 0 Å². The molecule has 0 radical (unpaired) electrons. The van der Waals surface area contributed by atoms with Gasteiger partial charge in [-0.3, -0.25) is 0 Å². The van der Waals surface area contributed by atoms with E-state index in [1.165, 1.54) is 50.7 Å². The minimum Gasteiger partial charge on any atom is -0.490 e. The monoisotopic (exact) mass is 646 g/mol. The number of ether oxygens (including phenoxy) is 1. The van der Waals surface area contributed by atoms with E-state index in [4.69, 9.17) is 4.74 Å². The van der Waals surface area contributed by atoms with Gasteiger partial charge in [0, 0.05) is 16.7 Å². The zero-order valence-corrected chi connectivity index (χ0v) is 28.1. The zero-order chi connectivity index (χ0) is 33.2. The molecule has 0 N–H and O–H groups in total. The van der Waals surface area contributed by atoms with Crippen molar-refractivity contribution < 1.29 is 22.3 Å². The summed E-state index contributed by atoms with van der Waals surface area (Å²) in [5, 5.41) is 0. The largest absolute Gasteiger partial charge is 0.490 e. The maximum atomic E-state index is 15.5. The van der Waals surface area contributed by atoms with Crippen molar-refractivity contribution in [2.45, 2.75) is 104 Å². The number of rotatable bonds is 14. The van der Waals surface area contributed by atoms with Crippen LogP contribution in [-0.2, 0) is 0 Å². The van der Waals surface area contributed by atoms with Gasteiger partial charge in [0.1, 0.15) is 0 Å². The van der Waals surface area contributed by atoms with Crippen molar-refractivity contribution in [3.8, 4) is 28.0 Å². The van der Waals surface area contributed by atoms with E-state index in [0.29, 0.717) is 29.2 Å². The minimum absolute atomic E-state index is 0.0892. The Labute approximate surface area is 279 Å². The van der Waals surface area contributed by atoms with E-state index in [9.17, 15) is 4.39 Å². The van der Waals surface area contributed by atoms with Crippen molar-refractivity contribution in [3.05, 3.63) is 95.6 Å². The van der Waals surface area contributed by atoms with Crippen molar-refractivity contribution in [2.75, 3.05) is 6.61 Å². The average molecular weight is 647 g/mol. The van der Waals surface area contributed by atoms with Gasteiger partial charge in [0.25, 0.3) is 0 Å². The van der Waals surface area contributed by atoms with Crippen LogP contribution in [0.1, 0.15) is 109 Å². The fourth-order valence-corrected chi connectivity index (χ4v) is 7.58. The van der Waals surface area contributed by atoms with Crippen LogP contribution < -0.4 is 4.74 Å². The summed E-state index contributed by atoms with van der Waals surface area (Å²) in [6.07, 6.45) is 22.1. The molecule has 0 aliphatic heterocycles. The van der Waals surface area contributed by atoms with Crippen molar-refractivity contribution in [3.63, 3.8) is 0 Å². The quantitative estimate of drug-likeness (QED) is 0.0962. The van der Waals surface area contributed by atoms with Crippen LogP contribution in [0.4, 0.5) is 17.6 Å². The van der Waals surface area contributed by atoms with Gasteiger partial charge in [-0.2, -0.15) is 4.39 Å². The lowest BCUT2D eigenvalue weighted by atomic mass is 9.70. The summed E-state index contributed by atoms with van der Waals surface area (Å²) >= 11 is 0. The highest BCUT2D eigenvalue weighted by Gasteiger charge is 2.29. The summed E-state index contributed by atoms with van der Waals surface area (Å²) in [5.74, 6) is -1.61. The van der Waals surface area contributed by atoms with E-state index in [1.54, 1.807) is 36.4 Å². The average Bonchev–Trinajstić information content (AvgIpc) is 3.10. The minimum atomic E-state index is -1.02. The molecule has 0 aromatic heterocycles. The third kappa shape index (κ3) is 8.77. The van der Waals surface area contributed by atoms with E-state index in [-0.39, 0.29) is 16.9 Å². The predicted octanol–water partition coefficient (Wildman–Crippen LogP) is 13.3. The first-order chi connectivity index (χ1) is 22.9. The molecule has 0 spiro atoms. The second-order valence-corrected chi connectivity index (χ2v) is 13.6. The Morgan fingerprint density at radius 3 is 1.94 bits per heavy atom. The number of hydrogen-bond acceptors (Lipinski definition) is 1. The molecule has 0 heterocycles. The third-order valence-corrected chi connectivity index (χ3v) is 10.5.